The highest BCUT2D eigenvalue weighted by Crippen LogP contribution is 2.32. The zero-order valence-corrected chi connectivity index (χ0v) is 13.3. The normalized spacial score (nSPS) is 12.9. The van der Waals surface area contributed by atoms with Crippen LogP contribution in [0.2, 0.25) is 0 Å². The summed E-state index contributed by atoms with van der Waals surface area (Å²) in [6.07, 6.45) is 0. The van der Waals surface area contributed by atoms with Crippen LogP contribution in [0.3, 0.4) is 0 Å². The van der Waals surface area contributed by atoms with E-state index in [1.807, 2.05) is 4.72 Å². The van der Waals surface area contributed by atoms with Crippen LogP contribution in [0, 0.1) is 21.8 Å². The Morgan fingerprint density at radius 2 is 2.00 bits per heavy atom. The van der Waals surface area contributed by atoms with Crippen molar-refractivity contribution in [3.63, 3.8) is 0 Å². The number of hydrogen-bond acceptors (Lipinski definition) is 6. The number of carboxylic acid groups (broad SMARTS) is 1. The Morgan fingerprint density at radius 1 is 1.43 bits per heavy atom. The molecule has 11 heteroatoms. The van der Waals surface area contributed by atoms with Gasteiger partial charge in [0.05, 0.1) is 16.9 Å². The summed E-state index contributed by atoms with van der Waals surface area (Å²) in [5, 5.41) is 19.9. The highest BCUT2D eigenvalue weighted by molar-refractivity contribution is 7.89. The van der Waals surface area contributed by atoms with Crippen LogP contribution in [0.4, 0.5) is 10.1 Å². The smallest absolute Gasteiger partial charge is 0.322 e. The molecule has 23 heavy (non-hydrogen) atoms. The Hall–Kier alpha value is -2.27. The van der Waals surface area contributed by atoms with Crippen LogP contribution in [0.15, 0.2) is 17.0 Å². The minimum atomic E-state index is -4.48. The summed E-state index contributed by atoms with van der Waals surface area (Å²) in [7, 11) is -3.49. The number of hydrogen-bond donors (Lipinski definition) is 2. The van der Waals surface area contributed by atoms with Gasteiger partial charge in [-0.25, -0.2) is 12.8 Å². The Balaban J connectivity index is 3.39. The molecule has 0 aliphatic carbocycles. The number of nitrogens with zero attached hydrogens (tertiary/aromatic N) is 1. The molecule has 1 atom stereocenters. The van der Waals surface area contributed by atoms with Gasteiger partial charge in [0.15, 0.2) is 5.82 Å². The molecule has 0 radical (unpaired) electrons. The molecule has 128 valence electrons. The number of nitro groups is 1. The summed E-state index contributed by atoms with van der Waals surface area (Å²) in [4.78, 5) is 20.2. The van der Waals surface area contributed by atoms with Crippen molar-refractivity contribution in [1.82, 2.24) is 4.72 Å². The van der Waals surface area contributed by atoms with Crippen molar-refractivity contribution in [2.75, 3.05) is 7.11 Å². The van der Waals surface area contributed by atoms with E-state index in [0.717, 1.165) is 7.11 Å². The highest BCUT2D eigenvalue weighted by Gasteiger charge is 2.31. The quantitative estimate of drug-likeness (QED) is 0.555. The predicted molar refractivity (Wildman–Crippen MR) is 76.2 cm³/mol. The molecule has 0 aromatic heterocycles. The lowest BCUT2D eigenvalue weighted by Gasteiger charge is -2.18. The molecule has 2 N–H and O–H groups in total. The van der Waals surface area contributed by atoms with Gasteiger partial charge >= 0.3 is 11.7 Å². The number of benzene rings is 1. The molecule has 0 spiro atoms. The molecule has 0 amide bonds. The Labute approximate surface area is 131 Å². The van der Waals surface area contributed by atoms with Gasteiger partial charge in [0, 0.05) is 6.07 Å². The standard InChI is InChI=1S/C12H15FN2O7S/c1-6(2)10(12(16)17)14-23(20,21)7-4-8(13)11(22-3)9(5-7)15(18)19/h4-6,10,14H,1-3H3,(H,16,17)/t10-/m0/s1. The molecule has 0 aliphatic heterocycles. The second-order valence-corrected chi connectivity index (χ2v) is 6.61. The van der Waals surface area contributed by atoms with Gasteiger partial charge in [-0.05, 0) is 12.0 Å². The molecule has 0 heterocycles. The first-order chi connectivity index (χ1) is 10.5. The number of nitro benzene ring substituents is 1. The maximum absolute atomic E-state index is 13.8. The summed E-state index contributed by atoms with van der Waals surface area (Å²) in [5.74, 6) is -3.99. The number of nitrogens with one attached hydrogen (secondary N) is 1. The number of halogens is 1. The molecule has 1 aromatic carbocycles. The number of aliphatic carboxylic acids is 1. The van der Waals surface area contributed by atoms with Gasteiger partial charge in [0.1, 0.15) is 6.04 Å². The summed E-state index contributed by atoms with van der Waals surface area (Å²) in [6, 6.07) is -0.346. The lowest BCUT2D eigenvalue weighted by atomic mass is 10.1. The van der Waals surface area contributed by atoms with Gasteiger partial charge in [-0.2, -0.15) is 4.72 Å². The fourth-order valence-electron chi connectivity index (χ4n) is 1.75. The van der Waals surface area contributed by atoms with E-state index >= 15 is 0 Å². The molecule has 9 nitrogen and oxygen atoms in total. The van der Waals surface area contributed by atoms with Crippen LogP contribution < -0.4 is 9.46 Å². The van der Waals surface area contributed by atoms with Gasteiger partial charge < -0.3 is 9.84 Å². The maximum atomic E-state index is 13.8. The molecule has 0 aliphatic rings. The maximum Gasteiger partial charge on any atom is 0.322 e. The molecular weight excluding hydrogens is 335 g/mol. The van der Waals surface area contributed by atoms with Gasteiger partial charge in [0.25, 0.3) is 0 Å². The van der Waals surface area contributed by atoms with Crippen LogP contribution in [-0.4, -0.2) is 37.6 Å². The van der Waals surface area contributed by atoms with E-state index in [4.69, 9.17) is 5.11 Å². The zero-order chi connectivity index (χ0) is 17.9. The summed E-state index contributed by atoms with van der Waals surface area (Å²) in [6.45, 7) is 2.94. The average molecular weight is 350 g/mol. The molecule has 0 bridgehead atoms. The predicted octanol–water partition coefficient (Wildman–Crippen LogP) is 1.13. The van der Waals surface area contributed by atoms with Crippen molar-refractivity contribution >= 4 is 21.7 Å². The fourth-order valence-corrected chi connectivity index (χ4v) is 3.12. The first-order valence-corrected chi connectivity index (χ1v) is 7.76. The van der Waals surface area contributed by atoms with Crippen molar-refractivity contribution in [2.45, 2.75) is 24.8 Å². The van der Waals surface area contributed by atoms with E-state index in [1.54, 1.807) is 0 Å². The van der Waals surface area contributed by atoms with E-state index in [9.17, 15) is 27.7 Å². The molecule has 0 fully saturated rings. The number of sulfonamides is 1. The van der Waals surface area contributed by atoms with Crippen LogP contribution in [-0.2, 0) is 14.8 Å². The zero-order valence-electron chi connectivity index (χ0n) is 12.4. The first-order valence-electron chi connectivity index (χ1n) is 6.28. The summed E-state index contributed by atoms with van der Waals surface area (Å²) < 4.78 is 44.6. The third kappa shape index (κ3) is 4.13. The van der Waals surface area contributed by atoms with Crippen molar-refractivity contribution in [3.8, 4) is 5.75 Å². The van der Waals surface area contributed by atoms with Crippen molar-refractivity contribution in [2.24, 2.45) is 5.92 Å². The lowest BCUT2D eigenvalue weighted by molar-refractivity contribution is -0.386. The van der Waals surface area contributed by atoms with E-state index in [1.165, 1.54) is 13.8 Å². The Kier molecular flexibility index (Phi) is 5.61. The molecule has 0 saturated carbocycles. The van der Waals surface area contributed by atoms with Crippen molar-refractivity contribution < 1.29 is 32.4 Å². The van der Waals surface area contributed by atoms with E-state index in [-0.39, 0.29) is 0 Å². The third-order valence-electron chi connectivity index (χ3n) is 2.92. The van der Waals surface area contributed by atoms with Gasteiger partial charge in [-0.15, -0.1) is 0 Å². The van der Waals surface area contributed by atoms with Gasteiger partial charge in [-0.1, -0.05) is 13.8 Å². The summed E-state index contributed by atoms with van der Waals surface area (Å²) in [5.41, 5.74) is -0.885. The van der Waals surface area contributed by atoms with E-state index in [0.29, 0.717) is 12.1 Å². The van der Waals surface area contributed by atoms with Crippen LogP contribution in [0.1, 0.15) is 13.8 Å². The molecule has 0 saturated heterocycles. The van der Waals surface area contributed by atoms with Gasteiger partial charge in [0.2, 0.25) is 15.8 Å². The highest BCUT2D eigenvalue weighted by atomic mass is 32.2. The fraction of sp³-hybridized carbons (Fsp3) is 0.417. The Morgan fingerprint density at radius 3 is 2.39 bits per heavy atom. The van der Waals surface area contributed by atoms with E-state index < -0.39 is 55.0 Å². The summed E-state index contributed by atoms with van der Waals surface area (Å²) >= 11 is 0. The van der Waals surface area contributed by atoms with Crippen molar-refractivity contribution in [1.29, 1.82) is 0 Å². The van der Waals surface area contributed by atoms with Crippen molar-refractivity contribution in [3.05, 3.63) is 28.1 Å². The number of methoxy groups -OCH3 is 1. The largest absolute Gasteiger partial charge is 0.488 e. The van der Waals surface area contributed by atoms with Crippen LogP contribution in [0.5, 0.6) is 5.75 Å². The SMILES string of the molecule is COc1c(F)cc(S(=O)(=O)N[C@H](C(=O)O)C(C)C)cc1[N+](=O)[O-]. The second-order valence-electron chi connectivity index (χ2n) is 4.90. The number of rotatable bonds is 7. The molecule has 0 unspecified atom stereocenters. The minimum Gasteiger partial charge on any atom is -0.488 e. The second kappa shape index (κ2) is 6.87. The number of carboxylic acids is 1. The average Bonchev–Trinajstić information content (AvgIpc) is 2.43. The number of ether oxygens (including phenoxy) is 1. The number of carbonyl (C=O) groups is 1. The topological polar surface area (TPSA) is 136 Å². The third-order valence-corrected chi connectivity index (χ3v) is 4.34. The minimum absolute atomic E-state index is 0.521. The van der Waals surface area contributed by atoms with Crippen LogP contribution >= 0.6 is 0 Å². The lowest BCUT2D eigenvalue weighted by Crippen LogP contribution is -2.44. The Bertz CT molecular complexity index is 733. The molecular formula is C12H15FN2O7S. The molecule has 1 aromatic rings. The van der Waals surface area contributed by atoms with Gasteiger partial charge in [-0.3, -0.25) is 14.9 Å². The van der Waals surface area contributed by atoms with E-state index in [2.05, 4.69) is 4.74 Å². The molecule has 1 rings (SSSR count). The first kappa shape index (κ1) is 18.8. The monoisotopic (exact) mass is 350 g/mol. The van der Waals surface area contributed by atoms with Crippen LogP contribution in [0.25, 0.3) is 0 Å².